The third kappa shape index (κ3) is 2.92. The Morgan fingerprint density at radius 1 is 1.29 bits per heavy atom. The molecular formula is C15H11N3O3. The summed E-state index contributed by atoms with van der Waals surface area (Å²) in [5.74, 6) is 0.973. The molecule has 0 amide bonds. The third-order valence-corrected chi connectivity index (χ3v) is 2.79. The second-order valence-corrected chi connectivity index (χ2v) is 4.21. The lowest BCUT2D eigenvalue weighted by Crippen LogP contribution is -2.03. The van der Waals surface area contributed by atoms with Gasteiger partial charge < -0.3 is 14.2 Å². The molecule has 0 saturated heterocycles. The van der Waals surface area contributed by atoms with Crippen molar-refractivity contribution < 1.29 is 14.2 Å². The summed E-state index contributed by atoms with van der Waals surface area (Å²) >= 11 is 0. The molecule has 0 bridgehead atoms. The van der Waals surface area contributed by atoms with Gasteiger partial charge in [-0.05, 0) is 5.56 Å². The molecule has 0 atom stereocenters. The molecule has 0 saturated carbocycles. The van der Waals surface area contributed by atoms with Crippen molar-refractivity contribution >= 4 is 5.76 Å². The van der Waals surface area contributed by atoms with Crippen molar-refractivity contribution in [1.29, 1.82) is 5.26 Å². The van der Waals surface area contributed by atoms with Gasteiger partial charge in [-0.15, -0.1) is 0 Å². The van der Waals surface area contributed by atoms with Gasteiger partial charge in [0, 0.05) is 0 Å². The van der Waals surface area contributed by atoms with Crippen molar-refractivity contribution in [2.75, 3.05) is 6.79 Å². The Morgan fingerprint density at radius 2 is 2.14 bits per heavy atom. The molecule has 2 aromatic rings. The second-order valence-electron chi connectivity index (χ2n) is 4.21. The number of aromatic nitrogens is 2. The van der Waals surface area contributed by atoms with Crippen LogP contribution in [0.5, 0.6) is 5.88 Å². The lowest BCUT2D eigenvalue weighted by molar-refractivity contribution is 0.0998. The van der Waals surface area contributed by atoms with Crippen LogP contribution in [0, 0.1) is 11.3 Å². The van der Waals surface area contributed by atoms with Crippen LogP contribution in [0.3, 0.4) is 0 Å². The van der Waals surface area contributed by atoms with Crippen molar-refractivity contribution in [3.8, 4) is 11.9 Å². The van der Waals surface area contributed by atoms with Gasteiger partial charge in [-0.2, -0.15) is 10.2 Å². The molecule has 0 unspecified atom stereocenters. The summed E-state index contributed by atoms with van der Waals surface area (Å²) in [6.45, 7) is 0.460. The fourth-order valence-electron chi connectivity index (χ4n) is 1.76. The highest BCUT2D eigenvalue weighted by Crippen LogP contribution is 2.21. The zero-order valence-electron chi connectivity index (χ0n) is 11.0. The Hall–Kier alpha value is -3.07. The van der Waals surface area contributed by atoms with Gasteiger partial charge in [0.25, 0.3) is 0 Å². The monoisotopic (exact) mass is 281 g/mol. The highest BCUT2D eigenvalue weighted by molar-refractivity contribution is 5.54. The number of hydrogen-bond acceptors (Lipinski definition) is 6. The largest absolute Gasteiger partial charge is 0.472 e. The van der Waals surface area contributed by atoms with Crippen molar-refractivity contribution in [1.82, 2.24) is 9.97 Å². The molecule has 6 heteroatoms. The summed E-state index contributed by atoms with van der Waals surface area (Å²) in [6, 6.07) is 11.6. The molecule has 21 heavy (non-hydrogen) atoms. The molecule has 0 fully saturated rings. The van der Waals surface area contributed by atoms with Crippen LogP contribution < -0.4 is 4.74 Å². The lowest BCUT2D eigenvalue weighted by atomic mass is 10.2. The van der Waals surface area contributed by atoms with Crippen LogP contribution in [0.1, 0.15) is 17.0 Å². The second kappa shape index (κ2) is 5.92. The van der Waals surface area contributed by atoms with E-state index in [0.717, 1.165) is 5.56 Å². The number of nitrogens with zero attached hydrogens (tertiary/aromatic N) is 3. The normalized spacial score (nSPS) is 12.8. The first-order valence-electron chi connectivity index (χ1n) is 6.25. The van der Waals surface area contributed by atoms with Crippen LogP contribution in [0.25, 0.3) is 5.76 Å². The van der Waals surface area contributed by atoms with Gasteiger partial charge in [-0.25, -0.2) is 4.98 Å². The average molecular weight is 281 g/mol. The van der Waals surface area contributed by atoms with E-state index < -0.39 is 0 Å². The van der Waals surface area contributed by atoms with Gasteiger partial charge in [-0.3, -0.25) is 0 Å². The van der Waals surface area contributed by atoms with Gasteiger partial charge >= 0.3 is 0 Å². The lowest BCUT2D eigenvalue weighted by Gasteiger charge is -2.08. The summed E-state index contributed by atoms with van der Waals surface area (Å²) in [5.41, 5.74) is 1.26. The molecule has 0 aliphatic carbocycles. The molecule has 1 aliphatic rings. The molecule has 1 aromatic heterocycles. The Kier molecular flexibility index (Phi) is 3.65. The van der Waals surface area contributed by atoms with E-state index in [4.69, 9.17) is 19.5 Å². The fourth-order valence-corrected chi connectivity index (χ4v) is 1.76. The maximum Gasteiger partial charge on any atom is 0.235 e. The highest BCUT2D eigenvalue weighted by atomic mass is 16.7. The quantitative estimate of drug-likeness (QED) is 0.855. The zero-order chi connectivity index (χ0) is 14.5. The van der Waals surface area contributed by atoms with E-state index in [2.05, 4.69) is 9.97 Å². The molecule has 0 radical (unpaired) electrons. The Labute approximate surface area is 121 Å². The first kappa shape index (κ1) is 12.9. The molecule has 0 spiro atoms. The molecule has 104 valence electrons. The van der Waals surface area contributed by atoms with Crippen molar-refractivity contribution in [3.05, 3.63) is 59.7 Å². The summed E-state index contributed by atoms with van der Waals surface area (Å²) in [4.78, 5) is 8.27. The number of ether oxygens (including phenoxy) is 3. The van der Waals surface area contributed by atoms with Crippen LogP contribution in [-0.2, 0) is 16.1 Å². The van der Waals surface area contributed by atoms with Crippen molar-refractivity contribution in [2.24, 2.45) is 0 Å². The predicted molar refractivity (Wildman–Crippen MR) is 72.5 cm³/mol. The third-order valence-electron chi connectivity index (χ3n) is 2.79. The molecule has 1 aromatic carbocycles. The van der Waals surface area contributed by atoms with Crippen LogP contribution in [0.4, 0.5) is 0 Å². The smallest absolute Gasteiger partial charge is 0.235 e. The topological polar surface area (TPSA) is 77.3 Å². The van der Waals surface area contributed by atoms with Crippen LogP contribution in [0.15, 0.2) is 42.8 Å². The minimum atomic E-state index is 0.138. The van der Waals surface area contributed by atoms with E-state index in [9.17, 15) is 0 Å². The summed E-state index contributed by atoms with van der Waals surface area (Å²) in [7, 11) is 0. The molecule has 2 heterocycles. The van der Waals surface area contributed by atoms with Gasteiger partial charge in [0.2, 0.25) is 24.3 Å². The van der Waals surface area contributed by atoms with Crippen LogP contribution in [-0.4, -0.2) is 16.8 Å². The molecular weight excluding hydrogens is 270 g/mol. The van der Waals surface area contributed by atoms with E-state index in [0.29, 0.717) is 18.2 Å². The summed E-state index contributed by atoms with van der Waals surface area (Å²) in [5, 5.41) is 9.09. The summed E-state index contributed by atoms with van der Waals surface area (Å²) in [6.07, 6.45) is 2.84. The van der Waals surface area contributed by atoms with Crippen LogP contribution in [0.2, 0.25) is 0 Å². The Bertz CT molecular complexity index is 708. The van der Waals surface area contributed by atoms with Gasteiger partial charge in [0.05, 0.1) is 6.20 Å². The first-order valence-corrected chi connectivity index (χ1v) is 6.25. The van der Waals surface area contributed by atoms with Gasteiger partial charge in [0.1, 0.15) is 24.5 Å². The predicted octanol–water partition coefficient (Wildman–Crippen LogP) is 2.23. The standard InChI is InChI=1S/C15H11N3O3/c16-6-12-7-17-14(13-9-19-10-21-13)18-15(12)20-8-11-4-2-1-3-5-11/h1-5,7,9H,8,10H2. The highest BCUT2D eigenvalue weighted by Gasteiger charge is 2.16. The average Bonchev–Trinajstić information content (AvgIpc) is 3.08. The molecule has 3 rings (SSSR count). The van der Waals surface area contributed by atoms with Gasteiger partial charge in [0.15, 0.2) is 0 Å². The Balaban J connectivity index is 1.82. The molecule has 6 nitrogen and oxygen atoms in total. The fraction of sp³-hybridized carbons (Fsp3) is 0.133. The SMILES string of the molecule is N#Cc1cnc(C2=COCO2)nc1OCc1ccccc1. The van der Waals surface area contributed by atoms with Crippen LogP contribution >= 0.6 is 0 Å². The van der Waals surface area contributed by atoms with Crippen molar-refractivity contribution in [2.45, 2.75) is 6.61 Å². The first-order chi connectivity index (χ1) is 10.4. The number of nitriles is 1. The molecule has 0 N–H and O–H groups in total. The van der Waals surface area contributed by atoms with E-state index in [1.54, 1.807) is 0 Å². The molecule has 1 aliphatic heterocycles. The van der Waals surface area contributed by atoms with E-state index in [1.165, 1.54) is 12.5 Å². The minimum Gasteiger partial charge on any atom is -0.472 e. The van der Waals surface area contributed by atoms with Gasteiger partial charge in [-0.1, -0.05) is 30.3 Å². The summed E-state index contributed by atoms with van der Waals surface area (Å²) < 4.78 is 15.8. The zero-order valence-corrected chi connectivity index (χ0v) is 11.0. The maximum atomic E-state index is 9.09. The number of benzene rings is 1. The number of hydrogen-bond donors (Lipinski definition) is 0. The number of rotatable bonds is 4. The van der Waals surface area contributed by atoms with E-state index in [-0.39, 0.29) is 18.2 Å². The maximum absolute atomic E-state index is 9.09. The Morgan fingerprint density at radius 3 is 2.86 bits per heavy atom. The van der Waals surface area contributed by atoms with Crippen molar-refractivity contribution in [3.63, 3.8) is 0 Å². The van der Waals surface area contributed by atoms with E-state index >= 15 is 0 Å². The minimum absolute atomic E-state index is 0.138. The van der Waals surface area contributed by atoms with E-state index in [1.807, 2.05) is 36.4 Å².